The van der Waals surface area contributed by atoms with E-state index in [9.17, 15) is 0 Å². The van der Waals surface area contributed by atoms with Crippen LogP contribution in [0.25, 0.3) is 0 Å². The van der Waals surface area contributed by atoms with Crippen molar-refractivity contribution >= 4 is 21.6 Å². The monoisotopic (exact) mass is 307 g/mol. The third-order valence-electron chi connectivity index (χ3n) is 3.03. The minimum absolute atomic E-state index is 0.250. The summed E-state index contributed by atoms with van der Waals surface area (Å²) in [6, 6.07) is 6.56. The Bertz CT molecular complexity index is 534. The second kappa shape index (κ2) is 5.57. The first kappa shape index (κ1) is 13.1. The molecular weight excluding hydrogens is 290 g/mol. The molecule has 1 aromatic heterocycles. The highest BCUT2D eigenvalue weighted by molar-refractivity contribution is 9.10. The Morgan fingerprint density at radius 2 is 2.22 bits per heavy atom. The summed E-state index contributed by atoms with van der Waals surface area (Å²) in [5.74, 6) is 0. The van der Waals surface area contributed by atoms with Crippen molar-refractivity contribution in [2.24, 2.45) is 0 Å². The van der Waals surface area contributed by atoms with Gasteiger partial charge in [0.25, 0.3) is 0 Å². The van der Waals surface area contributed by atoms with Crippen molar-refractivity contribution in [2.75, 3.05) is 5.32 Å². The Labute approximate surface area is 116 Å². The van der Waals surface area contributed by atoms with Gasteiger partial charge >= 0.3 is 0 Å². The molecule has 1 heterocycles. The molecule has 3 nitrogen and oxygen atoms in total. The fraction of sp³-hybridized carbons (Fsp3) is 0.357. The van der Waals surface area contributed by atoms with Gasteiger partial charge in [-0.3, -0.25) is 4.68 Å². The zero-order valence-corrected chi connectivity index (χ0v) is 12.5. The van der Waals surface area contributed by atoms with Crippen molar-refractivity contribution in [3.8, 4) is 0 Å². The van der Waals surface area contributed by atoms with E-state index < -0.39 is 0 Å². The van der Waals surface area contributed by atoms with Gasteiger partial charge in [0.05, 0.1) is 12.2 Å². The third kappa shape index (κ3) is 2.93. The molecule has 2 aromatic rings. The summed E-state index contributed by atoms with van der Waals surface area (Å²) in [6.07, 6.45) is 4.01. The topological polar surface area (TPSA) is 29.9 Å². The smallest absolute Gasteiger partial charge is 0.0542 e. The number of nitrogens with zero attached hydrogens (tertiary/aromatic N) is 2. The summed E-state index contributed by atoms with van der Waals surface area (Å²) >= 11 is 3.55. The quantitative estimate of drug-likeness (QED) is 0.919. The van der Waals surface area contributed by atoms with E-state index >= 15 is 0 Å². The number of aromatic nitrogens is 2. The Kier molecular flexibility index (Phi) is 4.07. The van der Waals surface area contributed by atoms with E-state index in [4.69, 9.17) is 0 Å². The summed E-state index contributed by atoms with van der Waals surface area (Å²) in [6.45, 7) is 7.22. The molecule has 4 heteroatoms. The molecular formula is C14H18BrN3. The zero-order valence-electron chi connectivity index (χ0n) is 10.9. The highest BCUT2D eigenvalue weighted by atomic mass is 79.9. The number of hydrogen-bond acceptors (Lipinski definition) is 2. The van der Waals surface area contributed by atoms with Gasteiger partial charge in [-0.25, -0.2) is 0 Å². The van der Waals surface area contributed by atoms with Gasteiger partial charge in [-0.05, 0) is 38.5 Å². The lowest BCUT2D eigenvalue weighted by molar-refractivity contribution is 0.658. The molecule has 1 unspecified atom stereocenters. The van der Waals surface area contributed by atoms with Gasteiger partial charge in [0.15, 0.2) is 0 Å². The van der Waals surface area contributed by atoms with E-state index in [1.54, 1.807) is 0 Å². The average Bonchev–Trinajstić information content (AvgIpc) is 2.82. The fourth-order valence-corrected chi connectivity index (χ4v) is 2.17. The van der Waals surface area contributed by atoms with Crippen LogP contribution < -0.4 is 5.32 Å². The second-order valence-electron chi connectivity index (χ2n) is 4.46. The highest BCUT2D eigenvalue weighted by Crippen LogP contribution is 2.24. The van der Waals surface area contributed by atoms with Crippen LogP contribution >= 0.6 is 15.9 Å². The maximum atomic E-state index is 4.30. The van der Waals surface area contributed by atoms with E-state index in [2.05, 4.69) is 71.5 Å². The van der Waals surface area contributed by atoms with E-state index in [0.29, 0.717) is 0 Å². The number of halogens is 1. The van der Waals surface area contributed by atoms with Gasteiger partial charge in [0.1, 0.15) is 0 Å². The molecule has 18 heavy (non-hydrogen) atoms. The minimum Gasteiger partial charge on any atom is -0.378 e. The van der Waals surface area contributed by atoms with E-state index in [-0.39, 0.29) is 6.04 Å². The van der Waals surface area contributed by atoms with Gasteiger partial charge in [0.2, 0.25) is 0 Å². The Morgan fingerprint density at radius 3 is 2.83 bits per heavy atom. The normalized spacial score (nSPS) is 12.4. The molecule has 0 saturated carbocycles. The Balaban J connectivity index is 2.10. The molecule has 0 saturated heterocycles. The molecule has 1 atom stereocenters. The molecule has 0 amide bonds. The van der Waals surface area contributed by atoms with Crippen LogP contribution in [0.1, 0.15) is 31.0 Å². The molecule has 0 radical (unpaired) electrons. The standard InChI is InChI=1S/C14H18BrN3/c1-4-18-9-12(8-16-18)11(3)17-13-6-5-10(2)14(15)7-13/h5-9,11,17H,4H2,1-3H3. The lowest BCUT2D eigenvalue weighted by Gasteiger charge is -2.14. The van der Waals surface area contributed by atoms with E-state index in [1.807, 2.05) is 10.9 Å². The van der Waals surface area contributed by atoms with Crippen LogP contribution in [-0.2, 0) is 6.54 Å². The van der Waals surface area contributed by atoms with Gasteiger partial charge in [-0.2, -0.15) is 5.10 Å². The molecule has 0 aliphatic heterocycles. The number of anilines is 1. The predicted octanol–water partition coefficient (Wildman–Crippen LogP) is 4.15. The van der Waals surface area contributed by atoms with Crippen molar-refractivity contribution in [2.45, 2.75) is 33.4 Å². The molecule has 1 aromatic carbocycles. The maximum Gasteiger partial charge on any atom is 0.0542 e. The number of aryl methyl sites for hydroxylation is 2. The summed E-state index contributed by atoms with van der Waals surface area (Å²) in [5, 5.41) is 7.78. The van der Waals surface area contributed by atoms with E-state index in [1.165, 1.54) is 11.1 Å². The predicted molar refractivity (Wildman–Crippen MR) is 78.8 cm³/mol. The summed E-state index contributed by atoms with van der Waals surface area (Å²) in [5.41, 5.74) is 3.56. The minimum atomic E-state index is 0.250. The van der Waals surface area contributed by atoms with Crippen LogP contribution in [0.15, 0.2) is 35.1 Å². The molecule has 0 spiro atoms. The summed E-state index contributed by atoms with van der Waals surface area (Å²) in [7, 11) is 0. The second-order valence-corrected chi connectivity index (χ2v) is 5.31. The molecule has 0 bridgehead atoms. The average molecular weight is 308 g/mol. The summed E-state index contributed by atoms with van der Waals surface area (Å²) in [4.78, 5) is 0. The number of nitrogens with one attached hydrogen (secondary N) is 1. The molecule has 0 aliphatic carbocycles. The molecule has 1 N–H and O–H groups in total. The van der Waals surface area contributed by atoms with E-state index in [0.717, 1.165) is 16.7 Å². The van der Waals surface area contributed by atoms with Crippen molar-refractivity contribution in [3.63, 3.8) is 0 Å². The van der Waals surface area contributed by atoms with Crippen molar-refractivity contribution in [1.29, 1.82) is 0 Å². The maximum absolute atomic E-state index is 4.30. The Morgan fingerprint density at radius 1 is 1.44 bits per heavy atom. The van der Waals surface area contributed by atoms with Crippen LogP contribution in [0, 0.1) is 6.92 Å². The summed E-state index contributed by atoms with van der Waals surface area (Å²) < 4.78 is 3.07. The molecule has 0 aliphatic rings. The van der Waals surface area contributed by atoms with Crippen LogP contribution in [-0.4, -0.2) is 9.78 Å². The van der Waals surface area contributed by atoms with Gasteiger partial charge in [0, 0.05) is 28.5 Å². The SMILES string of the molecule is CCn1cc(C(C)Nc2ccc(C)c(Br)c2)cn1. The number of rotatable bonds is 4. The van der Waals surface area contributed by atoms with Crippen LogP contribution in [0.3, 0.4) is 0 Å². The van der Waals surface area contributed by atoms with Crippen molar-refractivity contribution in [1.82, 2.24) is 9.78 Å². The molecule has 0 fully saturated rings. The number of hydrogen-bond donors (Lipinski definition) is 1. The van der Waals surface area contributed by atoms with Crippen LogP contribution in [0.2, 0.25) is 0 Å². The molecule has 96 valence electrons. The van der Waals surface area contributed by atoms with Gasteiger partial charge in [-0.1, -0.05) is 22.0 Å². The first-order chi connectivity index (χ1) is 8.60. The lowest BCUT2D eigenvalue weighted by Crippen LogP contribution is -2.05. The zero-order chi connectivity index (χ0) is 13.1. The lowest BCUT2D eigenvalue weighted by atomic mass is 10.1. The third-order valence-corrected chi connectivity index (χ3v) is 3.89. The number of benzene rings is 1. The highest BCUT2D eigenvalue weighted by Gasteiger charge is 2.08. The van der Waals surface area contributed by atoms with Crippen LogP contribution in [0.5, 0.6) is 0 Å². The first-order valence-corrected chi connectivity index (χ1v) is 6.94. The van der Waals surface area contributed by atoms with Gasteiger partial charge < -0.3 is 5.32 Å². The van der Waals surface area contributed by atoms with Crippen molar-refractivity contribution in [3.05, 3.63) is 46.2 Å². The van der Waals surface area contributed by atoms with Gasteiger partial charge in [-0.15, -0.1) is 0 Å². The fourth-order valence-electron chi connectivity index (χ4n) is 1.79. The van der Waals surface area contributed by atoms with Crippen LogP contribution in [0.4, 0.5) is 5.69 Å². The Hall–Kier alpha value is -1.29. The van der Waals surface area contributed by atoms with Crippen molar-refractivity contribution < 1.29 is 0 Å². The first-order valence-electron chi connectivity index (χ1n) is 6.15. The largest absolute Gasteiger partial charge is 0.378 e. The molecule has 2 rings (SSSR count).